The summed E-state index contributed by atoms with van der Waals surface area (Å²) in [6, 6.07) is 0. The smallest absolute Gasteiger partial charge is 0.220 e. The predicted octanol–water partition coefficient (Wildman–Crippen LogP) is 3.23. The molecule has 31 heavy (non-hydrogen) atoms. The van der Waals surface area contributed by atoms with E-state index >= 15 is 0 Å². The van der Waals surface area contributed by atoms with E-state index in [0.717, 1.165) is 38.5 Å². The molecule has 0 heterocycles. The van der Waals surface area contributed by atoms with Gasteiger partial charge in [0.25, 0.3) is 0 Å². The number of ether oxygens (including phenoxy) is 4. The molecule has 0 saturated carbocycles. The van der Waals surface area contributed by atoms with Crippen LogP contribution in [0.2, 0.25) is 0 Å². The molecule has 0 atom stereocenters. The number of hydrogen-bond donors (Lipinski definition) is 1. The summed E-state index contributed by atoms with van der Waals surface area (Å²) >= 11 is 0. The molecule has 1 amide bonds. The summed E-state index contributed by atoms with van der Waals surface area (Å²) in [6.07, 6.45) is 6.50. The molecule has 0 aromatic carbocycles. The Balaban J connectivity index is 3.29. The number of halogens is 2. The van der Waals surface area contributed by atoms with Crippen molar-refractivity contribution in [2.24, 2.45) is 0 Å². The monoisotopic (exact) mass is 455 g/mol. The number of carbonyl (C=O) groups excluding carboxylic acids is 1. The van der Waals surface area contributed by atoms with Crippen LogP contribution in [0.25, 0.3) is 0 Å². The Hall–Kier alpha value is -0.910. The quantitative estimate of drug-likeness (QED) is 0.136. The molecule has 8 nitrogen and oxygen atoms in total. The topological polar surface area (TPSA) is 72.5 Å². The van der Waals surface area contributed by atoms with Crippen LogP contribution < -0.4 is 5.32 Å². The van der Waals surface area contributed by atoms with Gasteiger partial charge < -0.3 is 24.3 Å². The van der Waals surface area contributed by atoms with Crippen molar-refractivity contribution in [3.63, 3.8) is 0 Å². The van der Waals surface area contributed by atoms with Crippen molar-refractivity contribution in [3.8, 4) is 0 Å². The molecule has 0 spiro atoms. The number of unbranched alkanes of at least 4 members (excludes halogenated alkanes) is 4. The van der Waals surface area contributed by atoms with Crippen LogP contribution in [-0.4, -0.2) is 88.9 Å². The first-order valence-corrected chi connectivity index (χ1v) is 11.5. The largest absolute Gasteiger partial charge is 0.378 e. The first kappa shape index (κ1) is 30.1. The molecule has 0 fully saturated rings. The lowest BCUT2D eigenvalue weighted by Crippen LogP contribution is -2.27. The standard InChI is InChI=1S/C21H43F2N3O5/c1-3-5-7-8-11-25(22)19-30-18-16-29-14-12-26(23)20-31-17-15-28-13-10-24-21(27)9-6-4-2/h3-20H2,1-2H3,(H,24,27). The molecule has 10 heteroatoms. The Kier molecular flexibility index (Phi) is 23.0. The zero-order valence-corrected chi connectivity index (χ0v) is 19.4. The van der Waals surface area contributed by atoms with E-state index in [1.807, 2.05) is 6.92 Å². The summed E-state index contributed by atoms with van der Waals surface area (Å²) in [5.74, 6) is 0.0331. The minimum atomic E-state index is -0.175. The van der Waals surface area contributed by atoms with E-state index in [9.17, 15) is 13.8 Å². The maximum atomic E-state index is 13.5. The number of carbonyl (C=O) groups is 1. The lowest BCUT2D eigenvalue weighted by molar-refractivity contribution is -0.121. The highest BCUT2D eigenvalue weighted by molar-refractivity contribution is 5.75. The normalized spacial score (nSPS) is 11.5. The second-order valence-electron chi connectivity index (χ2n) is 7.19. The fourth-order valence-corrected chi connectivity index (χ4v) is 2.46. The van der Waals surface area contributed by atoms with E-state index < -0.39 is 0 Å². The van der Waals surface area contributed by atoms with Crippen LogP contribution in [-0.2, 0) is 23.7 Å². The highest BCUT2D eigenvalue weighted by Gasteiger charge is 2.04. The van der Waals surface area contributed by atoms with Crippen molar-refractivity contribution in [2.75, 3.05) is 72.7 Å². The van der Waals surface area contributed by atoms with E-state index in [1.54, 1.807) is 0 Å². The molecule has 186 valence electrons. The van der Waals surface area contributed by atoms with Crippen LogP contribution in [0.3, 0.4) is 0 Å². The van der Waals surface area contributed by atoms with Gasteiger partial charge in [-0.25, -0.2) is 0 Å². The maximum Gasteiger partial charge on any atom is 0.220 e. The van der Waals surface area contributed by atoms with Gasteiger partial charge in [0.05, 0.1) is 46.2 Å². The van der Waals surface area contributed by atoms with Crippen LogP contribution >= 0.6 is 0 Å². The van der Waals surface area contributed by atoms with Crippen LogP contribution in [0.15, 0.2) is 0 Å². The number of nitrogens with one attached hydrogen (secondary N) is 1. The van der Waals surface area contributed by atoms with Gasteiger partial charge in [0.15, 0.2) is 0 Å². The molecule has 0 aliphatic carbocycles. The van der Waals surface area contributed by atoms with Gasteiger partial charge in [-0.3, -0.25) is 4.79 Å². The summed E-state index contributed by atoms with van der Waals surface area (Å²) in [7, 11) is 0. The Morgan fingerprint density at radius 2 is 1.29 bits per heavy atom. The van der Waals surface area contributed by atoms with Crippen molar-refractivity contribution in [2.45, 2.75) is 58.8 Å². The third-order valence-electron chi connectivity index (χ3n) is 4.27. The SMILES string of the molecule is CCCCCCN(F)COCCOCCN(F)COCCOCCNC(=O)CCCC. The van der Waals surface area contributed by atoms with E-state index in [0.29, 0.717) is 43.0 Å². The Bertz CT molecular complexity index is 398. The molecule has 0 radical (unpaired) electrons. The fraction of sp³-hybridized carbons (Fsp3) is 0.952. The summed E-state index contributed by atoms with van der Waals surface area (Å²) in [5.41, 5.74) is 0. The summed E-state index contributed by atoms with van der Waals surface area (Å²) < 4.78 is 47.8. The number of hydrogen-bond acceptors (Lipinski definition) is 7. The maximum absolute atomic E-state index is 13.5. The predicted molar refractivity (Wildman–Crippen MR) is 116 cm³/mol. The number of nitrogens with zero attached hydrogens (tertiary/aromatic N) is 2. The van der Waals surface area contributed by atoms with E-state index in [1.165, 1.54) is 0 Å². The second kappa shape index (κ2) is 23.7. The van der Waals surface area contributed by atoms with Gasteiger partial charge >= 0.3 is 0 Å². The van der Waals surface area contributed by atoms with Crippen LogP contribution in [0, 0.1) is 0 Å². The van der Waals surface area contributed by atoms with Gasteiger partial charge in [-0.2, -0.15) is 0 Å². The van der Waals surface area contributed by atoms with Crippen molar-refractivity contribution >= 4 is 5.91 Å². The van der Waals surface area contributed by atoms with Crippen LogP contribution in [0.5, 0.6) is 0 Å². The highest BCUT2D eigenvalue weighted by Crippen LogP contribution is 2.01. The van der Waals surface area contributed by atoms with E-state index in [-0.39, 0.29) is 52.3 Å². The molecule has 0 saturated heterocycles. The van der Waals surface area contributed by atoms with E-state index in [2.05, 4.69) is 12.2 Å². The Morgan fingerprint density at radius 3 is 1.94 bits per heavy atom. The molecular weight excluding hydrogens is 412 g/mol. The second-order valence-corrected chi connectivity index (χ2v) is 7.19. The van der Waals surface area contributed by atoms with Gasteiger partial charge in [-0.1, -0.05) is 39.5 Å². The number of rotatable bonds is 24. The molecule has 0 rings (SSSR count). The lowest BCUT2D eigenvalue weighted by Gasteiger charge is -2.14. The molecule has 1 N–H and O–H groups in total. The van der Waals surface area contributed by atoms with Crippen molar-refractivity contribution in [3.05, 3.63) is 0 Å². The fourth-order valence-electron chi connectivity index (χ4n) is 2.46. The minimum absolute atomic E-state index is 0.0331. The Labute approximate surface area is 186 Å². The molecule has 0 aliphatic heterocycles. The Morgan fingerprint density at radius 1 is 0.710 bits per heavy atom. The molecule has 0 bridgehead atoms. The van der Waals surface area contributed by atoms with Crippen molar-refractivity contribution in [1.29, 1.82) is 0 Å². The van der Waals surface area contributed by atoms with Crippen LogP contribution in [0.1, 0.15) is 58.8 Å². The van der Waals surface area contributed by atoms with Gasteiger partial charge in [0.1, 0.15) is 13.5 Å². The van der Waals surface area contributed by atoms with Crippen LogP contribution in [0.4, 0.5) is 8.96 Å². The minimum Gasteiger partial charge on any atom is -0.378 e. The molecule has 0 unspecified atom stereocenters. The van der Waals surface area contributed by atoms with Gasteiger partial charge in [-0.05, 0) is 12.8 Å². The lowest BCUT2D eigenvalue weighted by atomic mass is 10.2. The third kappa shape index (κ3) is 23.6. The van der Waals surface area contributed by atoms with E-state index in [4.69, 9.17) is 18.9 Å². The molecule has 0 aromatic heterocycles. The molecular formula is C21H43F2N3O5. The van der Waals surface area contributed by atoms with Crippen molar-refractivity contribution in [1.82, 2.24) is 15.6 Å². The van der Waals surface area contributed by atoms with Gasteiger partial charge in [0.2, 0.25) is 5.91 Å². The summed E-state index contributed by atoms with van der Waals surface area (Å²) in [5, 5.41) is 3.93. The third-order valence-corrected chi connectivity index (χ3v) is 4.27. The molecule has 0 aromatic rings. The van der Waals surface area contributed by atoms with Gasteiger partial charge in [-0.15, -0.1) is 19.2 Å². The first-order chi connectivity index (χ1) is 15.1. The first-order valence-electron chi connectivity index (χ1n) is 11.5. The summed E-state index contributed by atoms with van der Waals surface area (Å²) in [6.45, 7) is 6.52. The number of amides is 1. The zero-order valence-electron chi connectivity index (χ0n) is 19.4. The van der Waals surface area contributed by atoms with Gasteiger partial charge in [0, 0.05) is 19.5 Å². The average molecular weight is 456 g/mol. The summed E-state index contributed by atoms with van der Waals surface area (Å²) in [4.78, 5) is 11.4. The molecule has 0 aliphatic rings. The average Bonchev–Trinajstić information content (AvgIpc) is 2.76. The van der Waals surface area contributed by atoms with Crippen molar-refractivity contribution < 1.29 is 32.7 Å². The highest BCUT2D eigenvalue weighted by atomic mass is 19.2. The zero-order chi connectivity index (χ0) is 23.0.